The third kappa shape index (κ3) is 4.94. The number of carbonyl (C=O) groups is 1. The molecule has 0 aromatic heterocycles. The lowest BCUT2D eigenvalue weighted by Crippen LogP contribution is -2.44. The first-order valence-corrected chi connectivity index (χ1v) is 6.48. The highest BCUT2D eigenvalue weighted by Gasteiger charge is 2.19. The molecule has 0 saturated carbocycles. The number of piperidine rings is 1. The number of hydrogen-bond donors (Lipinski definition) is 2. The quantitative estimate of drug-likeness (QED) is 0.657. The standard InChI is InChI=1S/C12H25N3O/c1-2-15-9-6-11(7-10-15)14-12(16)5-3-4-8-13/h11H,2-10,13H2,1H3,(H,14,16). The number of unbranched alkanes of at least 4 members (excludes halogenated alkanes) is 1. The van der Waals surface area contributed by atoms with Crippen molar-refractivity contribution >= 4 is 5.91 Å². The molecule has 0 bridgehead atoms. The minimum Gasteiger partial charge on any atom is -0.353 e. The van der Waals surface area contributed by atoms with Crippen molar-refractivity contribution in [3.8, 4) is 0 Å². The molecule has 0 unspecified atom stereocenters. The molecule has 16 heavy (non-hydrogen) atoms. The third-order valence-electron chi connectivity index (χ3n) is 3.26. The molecule has 4 heteroatoms. The van der Waals surface area contributed by atoms with Crippen LogP contribution in [0.4, 0.5) is 0 Å². The van der Waals surface area contributed by atoms with Crippen molar-refractivity contribution in [3.05, 3.63) is 0 Å². The number of rotatable bonds is 6. The molecule has 1 heterocycles. The average molecular weight is 227 g/mol. The van der Waals surface area contributed by atoms with Crippen LogP contribution in [0.3, 0.4) is 0 Å². The number of nitrogens with two attached hydrogens (primary N) is 1. The van der Waals surface area contributed by atoms with Crippen molar-refractivity contribution in [2.24, 2.45) is 5.73 Å². The van der Waals surface area contributed by atoms with Crippen molar-refractivity contribution < 1.29 is 4.79 Å². The van der Waals surface area contributed by atoms with E-state index in [0.29, 0.717) is 19.0 Å². The first-order valence-electron chi connectivity index (χ1n) is 6.48. The van der Waals surface area contributed by atoms with Crippen LogP contribution in [0.1, 0.15) is 39.0 Å². The number of hydrogen-bond acceptors (Lipinski definition) is 3. The van der Waals surface area contributed by atoms with Gasteiger partial charge in [-0.1, -0.05) is 6.92 Å². The Morgan fingerprint density at radius 1 is 1.38 bits per heavy atom. The fraction of sp³-hybridized carbons (Fsp3) is 0.917. The Balaban J connectivity index is 2.10. The van der Waals surface area contributed by atoms with Crippen LogP contribution >= 0.6 is 0 Å². The topological polar surface area (TPSA) is 58.4 Å². The maximum absolute atomic E-state index is 11.6. The van der Waals surface area contributed by atoms with E-state index in [1.165, 1.54) is 0 Å². The third-order valence-corrected chi connectivity index (χ3v) is 3.26. The van der Waals surface area contributed by atoms with Gasteiger partial charge in [-0.2, -0.15) is 0 Å². The molecule has 0 spiro atoms. The summed E-state index contributed by atoms with van der Waals surface area (Å²) in [7, 11) is 0. The average Bonchev–Trinajstić information content (AvgIpc) is 2.30. The number of carbonyl (C=O) groups excluding carboxylic acids is 1. The van der Waals surface area contributed by atoms with Crippen molar-refractivity contribution in [2.45, 2.75) is 45.1 Å². The van der Waals surface area contributed by atoms with Crippen molar-refractivity contribution in [1.29, 1.82) is 0 Å². The number of likely N-dealkylation sites (tertiary alicyclic amines) is 1. The summed E-state index contributed by atoms with van der Waals surface area (Å²) < 4.78 is 0. The lowest BCUT2D eigenvalue weighted by atomic mass is 10.0. The highest BCUT2D eigenvalue weighted by atomic mass is 16.1. The van der Waals surface area contributed by atoms with E-state index < -0.39 is 0 Å². The van der Waals surface area contributed by atoms with Crippen LogP contribution in [-0.4, -0.2) is 43.0 Å². The van der Waals surface area contributed by atoms with Crippen molar-refractivity contribution in [1.82, 2.24) is 10.2 Å². The fourth-order valence-electron chi connectivity index (χ4n) is 2.12. The molecular weight excluding hydrogens is 202 g/mol. The molecular formula is C12H25N3O. The van der Waals surface area contributed by atoms with Crippen LogP contribution in [0.5, 0.6) is 0 Å². The molecule has 0 atom stereocenters. The van der Waals surface area contributed by atoms with E-state index in [9.17, 15) is 4.79 Å². The summed E-state index contributed by atoms with van der Waals surface area (Å²) >= 11 is 0. The molecule has 94 valence electrons. The Labute approximate surface area is 98.6 Å². The summed E-state index contributed by atoms with van der Waals surface area (Å²) in [6.07, 6.45) is 4.68. The van der Waals surface area contributed by atoms with E-state index in [4.69, 9.17) is 5.73 Å². The fourth-order valence-corrected chi connectivity index (χ4v) is 2.12. The first-order chi connectivity index (χ1) is 7.76. The van der Waals surface area contributed by atoms with Gasteiger partial charge in [0.15, 0.2) is 0 Å². The van der Waals surface area contributed by atoms with E-state index in [2.05, 4.69) is 17.1 Å². The molecule has 1 rings (SSSR count). The molecule has 4 nitrogen and oxygen atoms in total. The van der Waals surface area contributed by atoms with E-state index in [-0.39, 0.29) is 5.91 Å². The Morgan fingerprint density at radius 3 is 2.62 bits per heavy atom. The molecule has 1 saturated heterocycles. The lowest BCUT2D eigenvalue weighted by Gasteiger charge is -2.31. The summed E-state index contributed by atoms with van der Waals surface area (Å²) in [6.45, 7) is 6.22. The predicted molar refractivity (Wildman–Crippen MR) is 66.2 cm³/mol. The highest BCUT2D eigenvalue weighted by molar-refractivity contribution is 5.76. The number of nitrogens with one attached hydrogen (secondary N) is 1. The minimum atomic E-state index is 0.198. The highest BCUT2D eigenvalue weighted by Crippen LogP contribution is 2.10. The van der Waals surface area contributed by atoms with Gasteiger partial charge in [0.1, 0.15) is 0 Å². The van der Waals surface area contributed by atoms with Crippen molar-refractivity contribution in [2.75, 3.05) is 26.2 Å². The van der Waals surface area contributed by atoms with Gasteiger partial charge in [-0.3, -0.25) is 4.79 Å². The molecule has 0 aliphatic carbocycles. The smallest absolute Gasteiger partial charge is 0.220 e. The molecule has 1 fully saturated rings. The Morgan fingerprint density at radius 2 is 2.06 bits per heavy atom. The predicted octanol–water partition coefficient (Wildman–Crippen LogP) is 0.716. The normalized spacial score (nSPS) is 18.6. The Bertz CT molecular complexity index is 200. The Hall–Kier alpha value is -0.610. The van der Waals surface area contributed by atoms with E-state index in [0.717, 1.165) is 45.3 Å². The lowest BCUT2D eigenvalue weighted by molar-refractivity contribution is -0.122. The summed E-state index contributed by atoms with van der Waals surface area (Å²) in [6, 6.07) is 0.396. The molecule has 3 N–H and O–H groups in total. The summed E-state index contributed by atoms with van der Waals surface area (Å²) in [5.74, 6) is 0.198. The van der Waals surface area contributed by atoms with E-state index in [1.54, 1.807) is 0 Å². The van der Waals surface area contributed by atoms with Gasteiger partial charge in [-0.25, -0.2) is 0 Å². The van der Waals surface area contributed by atoms with E-state index >= 15 is 0 Å². The maximum Gasteiger partial charge on any atom is 0.220 e. The molecule has 1 aliphatic rings. The molecule has 0 aromatic carbocycles. The summed E-state index contributed by atoms with van der Waals surface area (Å²) in [5.41, 5.74) is 5.39. The maximum atomic E-state index is 11.6. The van der Waals surface area contributed by atoms with Crippen LogP contribution in [0.15, 0.2) is 0 Å². The minimum absolute atomic E-state index is 0.198. The summed E-state index contributed by atoms with van der Waals surface area (Å²) in [5, 5.41) is 3.12. The molecule has 0 aromatic rings. The van der Waals surface area contributed by atoms with Gasteiger partial charge in [0.2, 0.25) is 5.91 Å². The van der Waals surface area contributed by atoms with E-state index in [1.807, 2.05) is 0 Å². The molecule has 0 radical (unpaired) electrons. The zero-order valence-corrected chi connectivity index (χ0v) is 10.4. The monoisotopic (exact) mass is 227 g/mol. The second-order valence-electron chi connectivity index (χ2n) is 4.52. The van der Waals surface area contributed by atoms with Gasteiger partial charge in [-0.15, -0.1) is 0 Å². The number of amides is 1. The number of nitrogens with zero attached hydrogens (tertiary/aromatic N) is 1. The molecule has 1 aliphatic heterocycles. The SMILES string of the molecule is CCN1CCC(NC(=O)CCCCN)CC1. The second kappa shape index (κ2) is 7.63. The zero-order chi connectivity index (χ0) is 11.8. The van der Waals surface area contributed by atoms with Crippen molar-refractivity contribution in [3.63, 3.8) is 0 Å². The van der Waals surface area contributed by atoms with Crippen LogP contribution in [0.2, 0.25) is 0 Å². The zero-order valence-electron chi connectivity index (χ0n) is 10.4. The van der Waals surface area contributed by atoms with Gasteiger partial charge in [0.25, 0.3) is 0 Å². The largest absolute Gasteiger partial charge is 0.353 e. The van der Waals surface area contributed by atoms with Crippen LogP contribution < -0.4 is 11.1 Å². The van der Waals surface area contributed by atoms with Gasteiger partial charge in [0, 0.05) is 25.6 Å². The Kier molecular flexibility index (Phi) is 6.42. The first kappa shape index (κ1) is 13.5. The molecule has 1 amide bonds. The van der Waals surface area contributed by atoms with Gasteiger partial charge in [-0.05, 0) is 38.8 Å². The summed E-state index contributed by atoms with van der Waals surface area (Å²) in [4.78, 5) is 14.0. The van der Waals surface area contributed by atoms with Crippen LogP contribution in [-0.2, 0) is 4.79 Å². The van der Waals surface area contributed by atoms with Gasteiger partial charge < -0.3 is 16.0 Å². The second-order valence-corrected chi connectivity index (χ2v) is 4.52. The van der Waals surface area contributed by atoms with Gasteiger partial charge in [0.05, 0.1) is 0 Å². The van der Waals surface area contributed by atoms with Crippen LogP contribution in [0, 0.1) is 0 Å². The van der Waals surface area contributed by atoms with Crippen LogP contribution in [0.25, 0.3) is 0 Å². The van der Waals surface area contributed by atoms with Gasteiger partial charge >= 0.3 is 0 Å².